The summed E-state index contributed by atoms with van der Waals surface area (Å²) in [5.41, 5.74) is 3.12. The molecule has 0 spiro atoms. The van der Waals surface area contributed by atoms with E-state index in [9.17, 15) is 5.11 Å². The smallest absolute Gasteiger partial charge is 0.177 e. The molecule has 2 fully saturated rings. The second-order valence-electron chi connectivity index (χ2n) is 8.44. The Morgan fingerprint density at radius 2 is 2.24 bits per heavy atom. The third-order valence-electron chi connectivity index (χ3n) is 6.26. The average molecular weight is 388 g/mol. The molecule has 2 aliphatic heterocycles. The number of nitrogens with zero attached hydrogens (tertiary/aromatic N) is 5. The highest BCUT2D eigenvalue weighted by Crippen LogP contribution is 2.42. The highest BCUT2D eigenvalue weighted by Gasteiger charge is 2.42. The van der Waals surface area contributed by atoms with E-state index in [2.05, 4.69) is 39.0 Å². The summed E-state index contributed by atoms with van der Waals surface area (Å²) in [5.74, 6) is 1.10. The first kappa shape index (κ1) is 18.0. The molecular weight excluding hydrogens is 364 g/mol. The number of phenols is 1. The lowest BCUT2D eigenvalue weighted by Crippen LogP contribution is -2.47. The standard InChI is InChI=1S/C22H24N6O/c1-14(15-9-16-5-6-22(2,11-15)25-16)21-24-12-19(26-27-21)18-4-3-17(10-20(18)29)28-8-7-23-13-28/h3-4,7-8,10,12-13,15-16,25,29H,1,5-6,9,11H2,2H3/t15-,16-,22+/m1/s1. The number of rotatable bonds is 4. The van der Waals surface area contributed by atoms with Crippen molar-refractivity contribution < 1.29 is 5.11 Å². The summed E-state index contributed by atoms with van der Waals surface area (Å²) in [6, 6.07) is 5.96. The Morgan fingerprint density at radius 3 is 2.93 bits per heavy atom. The van der Waals surface area contributed by atoms with Crippen molar-refractivity contribution in [1.82, 2.24) is 30.0 Å². The molecule has 148 valence electrons. The lowest BCUT2D eigenvalue weighted by atomic mass is 9.80. The molecule has 7 heteroatoms. The van der Waals surface area contributed by atoms with E-state index in [0.29, 0.717) is 29.0 Å². The Hall–Kier alpha value is -3.06. The largest absolute Gasteiger partial charge is 0.507 e. The Kier molecular flexibility index (Phi) is 4.20. The van der Waals surface area contributed by atoms with Crippen molar-refractivity contribution in [3.8, 4) is 22.7 Å². The fourth-order valence-corrected chi connectivity index (χ4v) is 4.74. The van der Waals surface area contributed by atoms with Crippen LogP contribution in [0.5, 0.6) is 5.75 Å². The molecule has 2 aromatic heterocycles. The zero-order valence-electron chi connectivity index (χ0n) is 16.4. The number of hydrogen-bond acceptors (Lipinski definition) is 6. The van der Waals surface area contributed by atoms with E-state index in [1.54, 1.807) is 24.8 Å². The van der Waals surface area contributed by atoms with Gasteiger partial charge in [0.05, 0.1) is 18.2 Å². The maximum atomic E-state index is 10.5. The third kappa shape index (κ3) is 3.31. The Morgan fingerprint density at radius 1 is 1.34 bits per heavy atom. The Balaban J connectivity index is 1.36. The highest BCUT2D eigenvalue weighted by molar-refractivity contribution is 5.68. The maximum absolute atomic E-state index is 10.5. The number of phenolic OH excluding ortho intramolecular Hbond substituents is 1. The topological polar surface area (TPSA) is 88.8 Å². The van der Waals surface area contributed by atoms with Crippen LogP contribution in [-0.4, -0.2) is 41.4 Å². The van der Waals surface area contributed by atoms with Crippen molar-refractivity contribution in [2.24, 2.45) is 5.92 Å². The molecule has 5 rings (SSSR count). The number of imidazole rings is 1. The molecule has 2 bridgehead atoms. The summed E-state index contributed by atoms with van der Waals surface area (Å²) in [6.45, 7) is 6.58. The van der Waals surface area contributed by atoms with Gasteiger partial charge in [-0.05, 0) is 56.2 Å². The van der Waals surface area contributed by atoms with E-state index in [4.69, 9.17) is 0 Å². The van der Waals surface area contributed by atoms with Crippen molar-refractivity contribution in [1.29, 1.82) is 0 Å². The molecule has 2 aliphatic rings. The van der Waals surface area contributed by atoms with E-state index in [1.165, 1.54) is 12.8 Å². The summed E-state index contributed by atoms with van der Waals surface area (Å²) in [6.07, 6.45) is 11.4. The van der Waals surface area contributed by atoms with Crippen LogP contribution in [0.15, 0.2) is 49.7 Å². The SMILES string of the molecule is C=C(c1ncc(-c2ccc(-n3ccnc3)cc2O)nn1)[C@@H]1C[C@H]2CC[C@@](C)(C1)N2. The molecule has 2 N–H and O–H groups in total. The van der Waals surface area contributed by atoms with Crippen molar-refractivity contribution >= 4 is 5.57 Å². The molecule has 0 saturated carbocycles. The molecule has 0 radical (unpaired) electrons. The first-order valence-corrected chi connectivity index (χ1v) is 9.99. The molecule has 29 heavy (non-hydrogen) atoms. The zero-order valence-corrected chi connectivity index (χ0v) is 16.4. The van der Waals surface area contributed by atoms with Gasteiger partial charge >= 0.3 is 0 Å². The van der Waals surface area contributed by atoms with Crippen LogP contribution < -0.4 is 5.32 Å². The van der Waals surface area contributed by atoms with Gasteiger partial charge in [-0.25, -0.2) is 9.97 Å². The van der Waals surface area contributed by atoms with Crippen LogP contribution in [0.2, 0.25) is 0 Å². The minimum absolute atomic E-state index is 0.127. The Labute approximate surface area is 169 Å². The molecule has 0 unspecified atom stereocenters. The van der Waals surface area contributed by atoms with Gasteiger partial charge in [-0.3, -0.25) is 0 Å². The lowest BCUT2D eigenvalue weighted by molar-refractivity contribution is 0.261. The van der Waals surface area contributed by atoms with Gasteiger partial charge in [0.25, 0.3) is 0 Å². The molecule has 1 aromatic carbocycles. The number of aromatic hydroxyl groups is 1. The fraction of sp³-hybridized carbons (Fsp3) is 0.364. The van der Waals surface area contributed by atoms with Crippen LogP contribution in [0.1, 0.15) is 38.4 Å². The second-order valence-corrected chi connectivity index (χ2v) is 8.44. The zero-order chi connectivity index (χ0) is 20.0. The van der Waals surface area contributed by atoms with Crippen molar-refractivity contribution in [2.45, 2.75) is 44.2 Å². The van der Waals surface area contributed by atoms with Crippen molar-refractivity contribution in [2.75, 3.05) is 0 Å². The number of allylic oxidation sites excluding steroid dienone is 1. The third-order valence-corrected chi connectivity index (χ3v) is 6.26. The molecule has 3 atom stereocenters. The van der Waals surface area contributed by atoms with E-state index in [0.717, 1.165) is 24.1 Å². The Bertz CT molecular complexity index is 1050. The van der Waals surface area contributed by atoms with Gasteiger partial charge < -0.3 is 15.0 Å². The first-order valence-electron chi connectivity index (χ1n) is 9.99. The molecule has 3 aromatic rings. The number of benzene rings is 1. The summed E-state index contributed by atoms with van der Waals surface area (Å²) in [5, 5.41) is 22.8. The molecule has 7 nitrogen and oxygen atoms in total. The molecule has 2 saturated heterocycles. The number of fused-ring (bicyclic) bond motifs is 2. The summed E-state index contributed by atoms with van der Waals surface area (Å²) >= 11 is 0. The van der Waals surface area contributed by atoms with Gasteiger partial charge in [0, 0.05) is 35.6 Å². The van der Waals surface area contributed by atoms with Gasteiger partial charge in [0.1, 0.15) is 11.4 Å². The van der Waals surface area contributed by atoms with Crippen molar-refractivity contribution in [3.63, 3.8) is 0 Å². The first-order chi connectivity index (χ1) is 14.0. The maximum Gasteiger partial charge on any atom is 0.177 e. The van der Waals surface area contributed by atoms with Crippen LogP contribution in [0.25, 0.3) is 22.5 Å². The summed E-state index contributed by atoms with van der Waals surface area (Å²) in [7, 11) is 0. The van der Waals surface area contributed by atoms with Gasteiger partial charge in [-0.2, -0.15) is 0 Å². The van der Waals surface area contributed by atoms with E-state index >= 15 is 0 Å². The molecule has 0 aliphatic carbocycles. The number of hydrogen-bond donors (Lipinski definition) is 2. The van der Waals surface area contributed by atoms with Crippen LogP contribution >= 0.6 is 0 Å². The normalized spacial score (nSPS) is 25.8. The molecular formula is C22H24N6O. The van der Waals surface area contributed by atoms with Crippen LogP contribution in [0.3, 0.4) is 0 Å². The van der Waals surface area contributed by atoms with E-state index in [-0.39, 0.29) is 11.3 Å². The predicted molar refractivity (Wildman–Crippen MR) is 110 cm³/mol. The monoisotopic (exact) mass is 388 g/mol. The van der Waals surface area contributed by atoms with Crippen molar-refractivity contribution in [3.05, 3.63) is 55.5 Å². The number of aromatic nitrogens is 5. The van der Waals surface area contributed by atoms with Crippen LogP contribution in [-0.2, 0) is 0 Å². The predicted octanol–water partition coefficient (Wildman–Crippen LogP) is 3.36. The minimum Gasteiger partial charge on any atom is -0.507 e. The quantitative estimate of drug-likeness (QED) is 0.712. The highest BCUT2D eigenvalue weighted by atomic mass is 16.3. The average Bonchev–Trinajstić information content (AvgIpc) is 3.35. The lowest BCUT2D eigenvalue weighted by Gasteiger charge is -2.37. The van der Waals surface area contributed by atoms with Crippen LogP contribution in [0, 0.1) is 5.92 Å². The van der Waals surface area contributed by atoms with Crippen LogP contribution in [0.4, 0.5) is 0 Å². The number of nitrogens with one attached hydrogen (secondary N) is 1. The van der Waals surface area contributed by atoms with Gasteiger partial charge in [-0.1, -0.05) is 6.58 Å². The second kappa shape index (κ2) is 6.77. The molecule has 0 amide bonds. The summed E-state index contributed by atoms with van der Waals surface area (Å²) < 4.78 is 1.83. The fourth-order valence-electron chi connectivity index (χ4n) is 4.74. The van der Waals surface area contributed by atoms with Gasteiger partial charge in [-0.15, -0.1) is 10.2 Å². The van der Waals surface area contributed by atoms with Gasteiger partial charge in [0.2, 0.25) is 0 Å². The van der Waals surface area contributed by atoms with E-state index in [1.807, 2.05) is 22.9 Å². The van der Waals surface area contributed by atoms with Gasteiger partial charge in [0.15, 0.2) is 5.82 Å². The summed E-state index contributed by atoms with van der Waals surface area (Å²) in [4.78, 5) is 8.54. The van der Waals surface area contributed by atoms with E-state index < -0.39 is 0 Å². The molecule has 4 heterocycles. The minimum atomic E-state index is 0.127. The number of piperidine rings is 1.